The van der Waals surface area contributed by atoms with Gasteiger partial charge < -0.3 is 5.32 Å². The van der Waals surface area contributed by atoms with Crippen LogP contribution < -0.4 is 5.32 Å². The maximum atomic E-state index is 12.9. The predicted octanol–water partition coefficient (Wildman–Crippen LogP) is 2.79. The number of benzene rings is 2. The van der Waals surface area contributed by atoms with Crippen LogP contribution in [0.25, 0.3) is 0 Å². The topological polar surface area (TPSA) is 105 Å². The van der Waals surface area contributed by atoms with E-state index < -0.39 is 22.4 Å². The van der Waals surface area contributed by atoms with Crippen LogP contribution in [0.3, 0.4) is 0 Å². The average molecular weight is 352 g/mol. The zero-order valence-electron chi connectivity index (χ0n) is 14.0. The van der Waals surface area contributed by atoms with Crippen molar-refractivity contribution >= 4 is 23.8 Å². The largest absolute Gasteiger partial charge is 0.346 e. The Kier molecular flexibility index (Phi) is 4.49. The number of carbonyl (C=O) groups excluding carboxylic acids is 2. The Morgan fingerprint density at radius 2 is 1.81 bits per heavy atom. The zero-order chi connectivity index (χ0) is 18.7. The summed E-state index contributed by atoms with van der Waals surface area (Å²) in [6.07, 6.45) is 1.49. The summed E-state index contributed by atoms with van der Waals surface area (Å²) in [7, 11) is 0. The quantitative estimate of drug-likeness (QED) is 0.386. The van der Waals surface area contributed by atoms with E-state index in [1.54, 1.807) is 37.3 Å². The first kappa shape index (κ1) is 17.3. The molecule has 0 saturated carbocycles. The van der Waals surface area contributed by atoms with Crippen molar-refractivity contribution in [2.24, 2.45) is 5.10 Å². The Balaban J connectivity index is 1.94. The fourth-order valence-corrected chi connectivity index (χ4v) is 2.91. The number of nitrogens with zero attached hydrogens (tertiary/aromatic N) is 3. The molecule has 0 bridgehead atoms. The second kappa shape index (κ2) is 6.75. The molecule has 26 heavy (non-hydrogen) atoms. The van der Waals surface area contributed by atoms with E-state index in [4.69, 9.17) is 0 Å². The van der Waals surface area contributed by atoms with Crippen LogP contribution in [0.15, 0.2) is 59.7 Å². The van der Waals surface area contributed by atoms with Gasteiger partial charge in [0.05, 0.1) is 16.7 Å². The van der Waals surface area contributed by atoms with Gasteiger partial charge in [-0.15, -0.1) is 5.01 Å². The van der Waals surface area contributed by atoms with E-state index in [0.29, 0.717) is 17.0 Å². The van der Waals surface area contributed by atoms with Crippen molar-refractivity contribution < 1.29 is 14.5 Å². The maximum absolute atomic E-state index is 12.9. The molecule has 2 aromatic carbocycles. The first-order valence-corrected chi connectivity index (χ1v) is 7.99. The van der Waals surface area contributed by atoms with Gasteiger partial charge in [-0.05, 0) is 18.1 Å². The van der Waals surface area contributed by atoms with Gasteiger partial charge in [-0.3, -0.25) is 14.9 Å². The molecule has 1 saturated heterocycles. The highest BCUT2D eigenvalue weighted by molar-refractivity contribution is 6.08. The van der Waals surface area contributed by atoms with Gasteiger partial charge in [-0.1, -0.05) is 49.4 Å². The molecule has 3 amide bonds. The number of para-hydroxylation sites is 1. The molecule has 1 atom stereocenters. The summed E-state index contributed by atoms with van der Waals surface area (Å²) in [6.45, 7) is 1.79. The van der Waals surface area contributed by atoms with Crippen molar-refractivity contribution in [1.82, 2.24) is 10.3 Å². The van der Waals surface area contributed by atoms with Crippen molar-refractivity contribution in [3.8, 4) is 0 Å². The zero-order valence-corrected chi connectivity index (χ0v) is 14.0. The van der Waals surface area contributed by atoms with Crippen LogP contribution in [0.2, 0.25) is 0 Å². The first-order chi connectivity index (χ1) is 12.5. The third-order valence-electron chi connectivity index (χ3n) is 4.31. The van der Waals surface area contributed by atoms with E-state index in [0.717, 1.165) is 6.21 Å². The maximum Gasteiger partial charge on any atom is 0.346 e. The Morgan fingerprint density at radius 1 is 1.15 bits per heavy atom. The monoisotopic (exact) mass is 352 g/mol. The molecule has 0 aliphatic carbocycles. The SMILES string of the molecule is CC[C@@]1(c2ccccc2)NC(=O)N(/N=C\c2ccccc2[N+](=O)[O-])C1=O. The molecular formula is C18H16N4O4. The van der Waals surface area contributed by atoms with E-state index in [1.807, 2.05) is 6.07 Å². The van der Waals surface area contributed by atoms with E-state index in [1.165, 1.54) is 18.2 Å². The molecule has 1 aliphatic rings. The van der Waals surface area contributed by atoms with Gasteiger partial charge in [0.15, 0.2) is 0 Å². The molecule has 1 N–H and O–H groups in total. The minimum Gasteiger partial charge on any atom is -0.318 e. The lowest BCUT2D eigenvalue weighted by molar-refractivity contribution is -0.385. The lowest BCUT2D eigenvalue weighted by atomic mass is 9.87. The molecule has 1 fully saturated rings. The number of rotatable bonds is 5. The van der Waals surface area contributed by atoms with Crippen molar-refractivity contribution in [3.63, 3.8) is 0 Å². The molecule has 0 unspecified atom stereocenters. The van der Waals surface area contributed by atoms with Crippen LogP contribution in [0.5, 0.6) is 0 Å². The number of nitrogens with one attached hydrogen (secondary N) is 1. The highest BCUT2D eigenvalue weighted by atomic mass is 16.6. The van der Waals surface area contributed by atoms with Crippen molar-refractivity contribution in [3.05, 3.63) is 75.8 Å². The molecule has 0 aromatic heterocycles. The summed E-state index contributed by atoms with van der Waals surface area (Å²) in [5, 5.41) is 18.4. The Morgan fingerprint density at radius 3 is 2.46 bits per heavy atom. The Labute approximate surface area is 149 Å². The van der Waals surface area contributed by atoms with Gasteiger partial charge in [0.1, 0.15) is 5.54 Å². The van der Waals surface area contributed by atoms with Gasteiger partial charge in [0.2, 0.25) is 0 Å². The summed E-state index contributed by atoms with van der Waals surface area (Å²) < 4.78 is 0. The number of carbonyl (C=O) groups is 2. The van der Waals surface area contributed by atoms with Crippen molar-refractivity contribution in [2.45, 2.75) is 18.9 Å². The lowest BCUT2D eigenvalue weighted by Crippen LogP contribution is -2.43. The Bertz CT molecular complexity index is 897. The molecule has 0 radical (unpaired) electrons. The molecule has 1 aliphatic heterocycles. The second-order valence-electron chi connectivity index (χ2n) is 5.73. The van der Waals surface area contributed by atoms with Crippen LogP contribution in [0.1, 0.15) is 24.5 Å². The number of imide groups is 1. The summed E-state index contributed by atoms with van der Waals surface area (Å²) in [5.41, 5.74) is -0.498. The minimum atomic E-state index is -1.20. The minimum absolute atomic E-state index is 0.159. The normalized spacial score (nSPS) is 19.8. The summed E-state index contributed by atoms with van der Waals surface area (Å²) in [6, 6.07) is 14.2. The smallest absolute Gasteiger partial charge is 0.318 e. The summed E-state index contributed by atoms with van der Waals surface area (Å²) in [4.78, 5) is 35.7. The third kappa shape index (κ3) is 2.81. The van der Waals surface area contributed by atoms with Crippen LogP contribution in [0.4, 0.5) is 10.5 Å². The molecule has 3 rings (SSSR count). The highest BCUT2D eigenvalue weighted by Gasteiger charge is 2.51. The van der Waals surface area contributed by atoms with Crippen molar-refractivity contribution in [2.75, 3.05) is 0 Å². The van der Waals surface area contributed by atoms with E-state index in [9.17, 15) is 19.7 Å². The van der Waals surface area contributed by atoms with Gasteiger partial charge >= 0.3 is 6.03 Å². The number of nitro groups is 1. The number of hydrogen-bond acceptors (Lipinski definition) is 5. The number of amides is 3. The third-order valence-corrected chi connectivity index (χ3v) is 4.31. The predicted molar refractivity (Wildman–Crippen MR) is 94.5 cm³/mol. The van der Waals surface area contributed by atoms with Crippen molar-refractivity contribution in [1.29, 1.82) is 0 Å². The standard InChI is InChI=1S/C18H16N4O4/c1-2-18(14-9-4-3-5-10-14)16(23)21(17(24)20-18)19-12-13-8-6-7-11-15(13)22(25)26/h3-12H,2H2,1H3,(H,20,24)/b19-12-/t18-/m0/s1. The fraction of sp³-hybridized carbons (Fsp3) is 0.167. The van der Waals surface area contributed by atoms with Gasteiger partial charge in [-0.2, -0.15) is 5.10 Å². The lowest BCUT2D eigenvalue weighted by Gasteiger charge is -2.24. The van der Waals surface area contributed by atoms with Crippen LogP contribution in [-0.2, 0) is 10.3 Å². The van der Waals surface area contributed by atoms with Crippen LogP contribution in [-0.4, -0.2) is 28.1 Å². The van der Waals surface area contributed by atoms with Crippen LogP contribution >= 0.6 is 0 Å². The Hall–Kier alpha value is -3.55. The summed E-state index contributed by atoms with van der Waals surface area (Å²) in [5.74, 6) is -0.522. The number of hydrazone groups is 1. The number of hydrogen-bond donors (Lipinski definition) is 1. The van der Waals surface area contributed by atoms with Gasteiger partial charge in [-0.25, -0.2) is 4.79 Å². The van der Waals surface area contributed by atoms with E-state index >= 15 is 0 Å². The first-order valence-electron chi connectivity index (χ1n) is 7.99. The molecular weight excluding hydrogens is 336 g/mol. The average Bonchev–Trinajstić information content (AvgIpc) is 2.91. The van der Waals surface area contributed by atoms with Crippen LogP contribution in [0, 0.1) is 10.1 Å². The van der Waals surface area contributed by atoms with E-state index in [2.05, 4.69) is 10.4 Å². The van der Waals surface area contributed by atoms with Gasteiger partial charge in [0, 0.05) is 6.07 Å². The number of nitro benzene ring substituents is 1. The molecule has 2 aromatic rings. The number of urea groups is 1. The fourth-order valence-electron chi connectivity index (χ4n) is 2.91. The molecule has 8 heteroatoms. The van der Waals surface area contributed by atoms with E-state index in [-0.39, 0.29) is 11.3 Å². The second-order valence-corrected chi connectivity index (χ2v) is 5.73. The van der Waals surface area contributed by atoms with Gasteiger partial charge in [0.25, 0.3) is 11.6 Å². The highest BCUT2D eigenvalue weighted by Crippen LogP contribution is 2.32. The molecule has 0 spiro atoms. The molecule has 132 valence electrons. The molecule has 8 nitrogen and oxygen atoms in total. The summed E-state index contributed by atoms with van der Waals surface area (Å²) >= 11 is 0. The molecule has 1 heterocycles.